The molecule has 0 heterocycles. The molecule has 5 heteroatoms. The monoisotopic (exact) mass is 324 g/mol. The summed E-state index contributed by atoms with van der Waals surface area (Å²) in [6.45, 7) is 2.09. The van der Waals surface area contributed by atoms with Crippen LogP contribution in [0, 0.1) is 0 Å². The minimum atomic E-state index is -0.0396. The molecule has 126 valence electrons. The molecule has 5 nitrogen and oxygen atoms in total. The van der Waals surface area contributed by atoms with Crippen LogP contribution in [-0.4, -0.2) is 32.0 Å². The predicted molar refractivity (Wildman–Crippen MR) is 98.0 cm³/mol. The van der Waals surface area contributed by atoms with Crippen LogP contribution in [0.4, 0.5) is 0 Å². The maximum Gasteiger partial charge on any atom is 0.251 e. The number of carbonyl (C=O) groups is 1. The van der Waals surface area contributed by atoms with Gasteiger partial charge in [0, 0.05) is 32.2 Å². The molecule has 2 rings (SSSR count). The molecule has 0 unspecified atom stereocenters. The van der Waals surface area contributed by atoms with Crippen LogP contribution in [0.1, 0.15) is 22.3 Å². The van der Waals surface area contributed by atoms with E-state index in [4.69, 9.17) is 0 Å². The number of benzene rings is 2. The highest BCUT2D eigenvalue weighted by molar-refractivity contribution is 5.94. The zero-order valence-electron chi connectivity index (χ0n) is 14.0. The van der Waals surface area contributed by atoms with Gasteiger partial charge in [-0.1, -0.05) is 48.5 Å². The fourth-order valence-electron chi connectivity index (χ4n) is 2.19. The zero-order chi connectivity index (χ0) is 17.0. The average molecular weight is 324 g/mol. The van der Waals surface area contributed by atoms with Crippen LogP contribution >= 0.6 is 0 Å². The number of amides is 1. The molecule has 0 atom stereocenters. The lowest BCUT2D eigenvalue weighted by Crippen LogP contribution is -2.38. The first-order chi connectivity index (χ1) is 11.8. The van der Waals surface area contributed by atoms with Crippen LogP contribution in [-0.2, 0) is 6.54 Å². The summed E-state index contributed by atoms with van der Waals surface area (Å²) >= 11 is 0. The minimum absolute atomic E-state index is 0.0396. The van der Waals surface area contributed by atoms with Gasteiger partial charge in [0.1, 0.15) is 0 Å². The lowest BCUT2D eigenvalue weighted by atomic mass is 10.2. The van der Waals surface area contributed by atoms with Crippen molar-refractivity contribution in [3.8, 4) is 0 Å². The van der Waals surface area contributed by atoms with E-state index in [1.807, 2.05) is 48.5 Å². The minimum Gasteiger partial charge on any atom is -0.356 e. The Balaban J connectivity index is 1.61. The highest BCUT2D eigenvalue weighted by Gasteiger charge is 2.03. The standard InChI is InChI=1S/C19H24N4O/c1-20-19(23-15-16-9-4-2-5-10-16)22-14-8-13-21-18(24)17-11-6-3-7-12-17/h2-7,9-12H,8,13-15H2,1H3,(H,21,24)(H2,20,22,23). The third-order valence-corrected chi connectivity index (χ3v) is 3.49. The number of carbonyl (C=O) groups excluding carboxylic acids is 1. The van der Waals surface area contributed by atoms with Crippen molar-refractivity contribution < 1.29 is 4.79 Å². The third-order valence-electron chi connectivity index (χ3n) is 3.49. The van der Waals surface area contributed by atoms with Gasteiger partial charge in [-0.3, -0.25) is 9.79 Å². The molecule has 0 aliphatic carbocycles. The smallest absolute Gasteiger partial charge is 0.251 e. The maximum atomic E-state index is 11.9. The van der Waals surface area contributed by atoms with Gasteiger partial charge in [-0.25, -0.2) is 0 Å². The summed E-state index contributed by atoms with van der Waals surface area (Å²) in [6, 6.07) is 19.4. The molecular formula is C19H24N4O. The number of rotatable bonds is 7. The van der Waals surface area contributed by atoms with Crippen molar-refractivity contribution in [2.75, 3.05) is 20.1 Å². The molecule has 0 radical (unpaired) electrons. The lowest BCUT2D eigenvalue weighted by Gasteiger charge is -2.12. The summed E-state index contributed by atoms with van der Waals surface area (Å²) in [5, 5.41) is 9.41. The van der Waals surface area contributed by atoms with Crippen molar-refractivity contribution in [2.45, 2.75) is 13.0 Å². The average Bonchev–Trinajstić information content (AvgIpc) is 2.65. The summed E-state index contributed by atoms with van der Waals surface area (Å²) in [4.78, 5) is 16.1. The van der Waals surface area contributed by atoms with Crippen molar-refractivity contribution in [2.24, 2.45) is 4.99 Å². The van der Waals surface area contributed by atoms with E-state index < -0.39 is 0 Å². The molecule has 2 aromatic rings. The fraction of sp³-hybridized carbons (Fsp3) is 0.263. The molecule has 0 saturated heterocycles. The molecule has 0 spiro atoms. The lowest BCUT2D eigenvalue weighted by molar-refractivity contribution is 0.0953. The second-order valence-corrected chi connectivity index (χ2v) is 5.31. The Labute approximate surface area is 143 Å². The van der Waals surface area contributed by atoms with E-state index in [2.05, 4.69) is 33.1 Å². The topological polar surface area (TPSA) is 65.5 Å². The van der Waals surface area contributed by atoms with E-state index in [1.54, 1.807) is 7.05 Å². The van der Waals surface area contributed by atoms with Crippen LogP contribution in [0.3, 0.4) is 0 Å². The highest BCUT2D eigenvalue weighted by atomic mass is 16.1. The van der Waals surface area contributed by atoms with Crippen molar-refractivity contribution in [3.05, 3.63) is 71.8 Å². The Morgan fingerprint density at radius 2 is 1.50 bits per heavy atom. The summed E-state index contributed by atoms with van der Waals surface area (Å²) in [6.07, 6.45) is 0.824. The normalized spacial score (nSPS) is 11.0. The molecule has 0 aliphatic heterocycles. The summed E-state index contributed by atoms with van der Waals surface area (Å²) in [7, 11) is 1.75. The van der Waals surface area contributed by atoms with E-state index in [0.717, 1.165) is 25.5 Å². The first kappa shape index (κ1) is 17.5. The van der Waals surface area contributed by atoms with Gasteiger partial charge in [0.2, 0.25) is 0 Å². The summed E-state index contributed by atoms with van der Waals surface area (Å²) in [5.41, 5.74) is 1.89. The maximum absolute atomic E-state index is 11.9. The number of nitrogens with zero attached hydrogens (tertiary/aromatic N) is 1. The van der Waals surface area contributed by atoms with Gasteiger partial charge in [-0.05, 0) is 24.1 Å². The largest absolute Gasteiger partial charge is 0.356 e. The van der Waals surface area contributed by atoms with E-state index in [1.165, 1.54) is 5.56 Å². The quantitative estimate of drug-likeness (QED) is 0.415. The van der Waals surface area contributed by atoms with Gasteiger partial charge >= 0.3 is 0 Å². The molecule has 0 fully saturated rings. The molecule has 24 heavy (non-hydrogen) atoms. The van der Waals surface area contributed by atoms with Crippen LogP contribution < -0.4 is 16.0 Å². The predicted octanol–water partition coefficient (Wildman–Crippen LogP) is 2.17. The number of nitrogens with one attached hydrogen (secondary N) is 3. The van der Waals surface area contributed by atoms with Gasteiger partial charge in [-0.2, -0.15) is 0 Å². The van der Waals surface area contributed by atoms with Crippen LogP contribution in [0.2, 0.25) is 0 Å². The Hall–Kier alpha value is -2.82. The molecular weight excluding hydrogens is 300 g/mol. The Morgan fingerprint density at radius 3 is 2.17 bits per heavy atom. The molecule has 2 aromatic carbocycles. The first-order valence-corrected chi connectivity index (χ1v) is 8.11. The first-order valence-electron chi connectivity index (χ1n) is 8.11. The number of hydrogen-bond donors (Lipinski definition) is 3. The van der Waals surface area contributed by atoms with E-state index in [0.29, 0.717) is 12.1 Å². The Morgan fingerprint density at radius 1 is 0.875 bits per heavy atom. The Bertz CT molecular complexity index is 641. The van der Waals surface area contributed by atoms with Gasteiger partial charge in [0.25, 0.3) is 5.91 Å². The SMILES string of the molecule is CN=C(NCCCNC(=O)c1ccccc1)NCc1ccccc1. The molecule has 0 aliphatic rings. The van der Waals surface area contributed by atoms with Crippen molar-refractivity contribution in [1.29, 1.82) is 0 Å². The highest BCUT2D eigenvalue weighted by Crippen LogP contribution is 1.98. The van der Waals surface area contributed by atoms with Crippen molar-refractivity contribution >= 4 is 11.9 Å². The van der Waals surface area contributed by atoms with Gasteiger partial charge < -0.3 is 16.0 Å². The van der Waals surface area contributed by atoms with Gasteiger partial charge in [0.15, 0.2) is 5.96 Å². The third kappa shape index (κ3) is 6.12. The molecule has 0 aromatic heterocycles. The van der Waals surface area contributed by atoms with E-state index >= 15 is 0 Å². The van der Waals surface area contributed by atoms with Crippen LogP contribution in [0.5, 0.6) is 0 Å². The van der Waals surface area contributed by atoms with Crippen molar-refractivity contribution in [1.82, 2.24) is 16.0 Å². The van der Waals surface area contributed by atoms with E-state index in [9.17, 15) is 4.79 Å². The second-order valence-electron chi connectivity index (χ2n) is 5.31. The number of aliphatic imine (C=N–C) groups is 1. The summed E-state index contributed by atoms with van der Waals surface area (Å²) < 4.78 is 0. The van der Waals surface area contributed by atoms with Gasteiger partial charge in [-0.15, -0.1) is 0 Å². The van der Waals surface area contributed by atoms with Gasteiger partial charge in [0.05, 0.1) is 0 Å². The second kappa shape index (κ2) is 10.0. The number of hydrogen-bond acceptors (Lipinski definition) is 2. The zero-order valence-corrected chi connectivity index (χ0v) is 14.0. The Kier molecular flexibility index (Phi) is 7.34. The molecule has 0 saturated carbocycles. The molecule has 0 bridgehead atoms. The van der Waals surface area contributed by atoms with Crippen LogP contribution in [0.15, 0.2) is 65.7 Å². The fourth-order valence-corrected chi connectivity index (χ4v) is 2.19. The summed E-state index contributed by atoms with van der Waals surface area (Å²) in [5.74, 6) is 0.718. The van der Waals surface area contributed by atoms with E-state index in [-0.39, 0.29) is 5.91 Å². The molecule has 3 N–H and O–H groups in total. The molecule has 1 amide bonds. The van der Waals surface area contributed by atoms with Crippen LogP contribution in [0.25, 0.3) is 0 Å². The number of guanidine groups is 1. The van der Waals surface area contributed by atoms with Crippen molar-refractivity contribution in [3.63, 3.8) is 0 Å².